The zero-order valence-corrected chi connectivity index (χ0v) is 10.7. The minimum atomic E-state index is -0.424. The molecule has 1 fully saturated rings. The van der Waals surface area contributed by atoms with E-state index in [-0.39, 0.29) is 18.4 Å². The number of hydrogen-bond donors (Lipinski definition) is 2. The Labute approximate surface area is 111 Å². The highest BCUT2D eigenvalue weighted by Crippen LogP contribution is 2.08. The lowest BCUT2D eigenvalue weighted by Gasteiger charge is -2.22. The molecule has 0 bridgehead atoms. The number of carbonyl (C=O) groups excluding carboxylic acids is 1. The summed E-state index contributed by atoms with van der Waals surface area (Å²) >= 11 is 0. The summed E-state index contributed by atoms with van der Waals surface area (Å²) in [4.78, 5) is 15.4. The predicted octanol–water partition coefficient (Wildman–Crippen LogP) is 1.32. The second-order valence-corrected chi connectivity index (χ2v) is 4.48. The highest BCUT2D eigenvalue weighted by Gasteiger charge is 2.13. The maximum absolute atomic E-state index is 12.6. The van der Waals surface area contributed by atoms with E-state index in [0.29, 0.717) is 12.4 Å². The van der Waals surface area contributed by atoms with Crippen LogP contribution in [-0.4, -0.2) is 36.7 Å². The van der Waals surface area contributed by atoms with Crippen LogP contribution in [-0.2, 0) is 9.53 Å². The van der Waals surface area contributed by atoms with Crippen molar-refractivity contribution in [2.24, 2.45) is 0 Å². The Morgan fingerprint density at radius 2 is 2.26 bits per heavy atom. The van der Waals surface area contributed by atoms with E-state index in [1.54, 1.807) is 0 Å². The first-order valence-electron chi connectivity index (χ1n) is 6.48. The summed E-state index contributed by atoms with van der Waals surface area (Å²) in [5.74, 6) is -0.242. The smallest absolute Gasteiger partial charge is 0.227 e. The lowest BCUT2D eigenvalue weighted by atomic mass is 10.1. The number of carbonyl (C=O) groups is 1. The van der Waals surface area contributed by atoms with Crippen molar-refractivity contribution in [2.45, 2.75) is 25.4 Å². The molecule has 1 aliphatic rings. The van der Waals surface area contributed by atoms with Gasteiger partial charge in [0, 0.05) is 0 Å². The van der Waals surface area contributed by atoms with Crippen LogP contribution in [0.3, 0.4) is 0 Å². The van der Waals surface area contributed by atoms with Gasteiger partial charge in [0.05, 0.1) is 25.3 Å². The zero-order valence-electron chi connectivity index (χ0n) is 10.7. The van der Waals surface area contributed by atoms with Crippen molar-refractivity contribution < 1.29 is 13.9 Å². The van der Waals surface area contributed by atoms with Gasteiger partial charge in [-0.1, -0.05) is 0 Å². The van der Waals surface area contributed by atoms with Crippen molar-refractivity contribution in [3.05, 3.63) is 24.1 Å². The van der Waals surface area contributed by atoms with Gasteiger partial charge in [-0.2, -0.15) is 0 Å². The summed E-state index contributed by atoms with van der Waals surface area (Å²) in [5, 5.41) is 5.85. The molecule has 2 heterocycles. The van der Waals surface area contributed by atoms with Crippen molar-refractivity contribution in [3.63, 3.8) is 0 Å². The summed E-state index contributed by atoms with van der Waals surface area (Å²) < 4.78 is 18.3. The van der Waals surface area contributed by atoms with Gasteiger partial charge in [0.25, 0.3) is 0 Å². The molecule has 0 aromatic carbocycles. The average molecular weight is 267 g/mol. The van der Waals surface area contributed by atoms with E-state index in [2.05, 4.69) is 15.6 Å². The minimum absolute atomic E-state index is 0.173. The Balaban J connectivity index is 1.65. The third-order valence-electron chi connectivity index (χ3n) is 2.96. The number of nitrogens with zero attached hydrogens (tertiary/aromatic N) is 1. The second-order valence-electron chi connectivity index (χ2n) is 4.48. The Bertz CT molecular complexity index is 405. The van der Waals surface area contributed by atoms with Gasteiger partial charge in [0.1, 0.15) is 11.6 Å². The molecule has 6 heteroatoms. The largest absolute Gasteiger partial charge is 0.378 e. The summed E-state index contributed by atoms with van der Waals surface area (Å²) in [6.45, 7) is 2.34. The Hall–Kier alpha value is -1.53. The molecule has 0 atom stereocenters. The quantitative estimate of drug-likeness (QED) is 0.844. The third kappa shape index (κ3) is 4.92. The average Bonchev–Trinajstić information content (AvgIpc) is 2.43. The number of hydrogen-bond acceptors (Lipinski definition) is 4. The number of amides is 1. The molecule has 1 saturated heterocycles. The van der Waals surface area contributed by atoms with Gasteiger partial charge in [0.15, 0.2) is 0 Å². The molecule has 1 aromatic heterocycles. The molecular weight excluding hydrogens is 249 g/mol. The van der Waals surface area contributed by atoms with Crippen LogP contribution in [0.4, 0.5) is 10.2 Å². The van der Waals surface area contributed by atoms with Gasteiger partial charge in [-0.15, -0.1) is 0 Å². The summed E-state index contributed by atoms with van der Waals surface area (Å²) in [7, 11) is 0. The standard InChI is InChI=1S/C13H18FN3O2/c14-10-1-2-12(16-9-10)17-13(18)5-8-19-11-3-6-15-7-4-11/h1-2,9,11,15H,3-8H2,(H,16,17,18). The third-order valence-corrected chi connectivity index (χ3v) is 2.96. The molecule has 2 rings (SSSR count). The van der Waals surface area contributed by atoms with Crippen LogP contribution >= 0.6 is 0 Å². The van der Waals surface area contributed by atoms with Crippen molar-refractivity contribution in [2.75, 3.05) is 25.0 Å². The Morgan fingerprint density at radius 3 is 2.95 bits per heavy atom. The van der Waals surface area contributed by atoms with Crippen molar-refractivity contribution in [1.82, 2.24) is 10.3 Å². The topological polar surface area (TPSA) is 63.2 Å². The van der Waals surface area contributed by atoms with Gasteiger partial charge < -0.3 is 15.4 Å². The maximum atomic E-state index is 12.6. The molecule has 0 aliphatic carbocycles. The first-order chi connectivity index (χ1) is 9.24. The summed E-state index contributed by atoms with van der Waals surface area (Å²) in [6.07, 6.45) is 3.57. The number of anilines is 1. The zero-order chi connectivity index (χ0) is 13.5. The van der Waals surface area contributed by atoms with Crippen molar-refractivity contribution in [3.8, 4) is 0 Å². The van der Waals surface area contributed by atoms with E-state index in [1.165, 1.54) is 12.1 Å². The number of halogens is 1. The molecule has 1 amide bonds. The number of nitrogens with one attached hydrogen (secondary N) is 2. The summed E-state index contributed by atoms with van der Waals surface area (Å²) in [5.41, 5.74) is 0. The van der Waals surface area contributed by atoms with Gasteiger partial charge in [-0.3, -0.25) is 4.79 Å². The fourth-order valence-electron chi connectivity index (χ4n) is 1.94. The molecule has 0 radical (unpaired) electrons. The number of rotatable bonds is 5. The van der Waals surface area contributed by atoms with E-state index in [4.69, 9.17) is 4.74 Å². The lowest BCUT2D eigenvalue weighted by Crippen LogP contribution is -2.33. The fourth-order valence-corrected chi connectivity index (χ4v) is 1.94. The lowest BCUT2D eigenvalue weighted by molar-refractivity contribution is -0.117. The first-order valence-corrected chi connectivity index (χ1v) is 6.48. The van der Waals surface area contributed by atoms with Crippen LogP contribution in [0, 0.1) is 5.82 Å². The van der Waals surface area contributed by atoms with Crippen LogP contribution in [0.5, 0.6) is 0 Å². The molecule has 5 nitrogen and oxygen atoms in total. The number of piperidine rings is 1. The van der Waals surface area contributed by atoms with Gasteiger partial charge in [-0.25, -0.2) is 9.37 Å². The highest BCUT2D eigenvalue weighted by molar-refractivity contribution is 5.89. The predicted molar refractivity (Wildman–Crippen MR) is 69.3 cm³/mol. The molecule has 104 valence electrons. The molecule has 2 N–H and O–H groups in total. The van der Waals surface area contributed by atoms with Crippen molar-refractivity contribution >= 4 is 11.7 Å². The van der Waals surface area contributed by atoms with E-state index >= 15 is 0 Å². The number of aromatic nitrogens is 1. The normalized spacial score (nSPS) is 16.3. The maximum Gasteiger partial charge on any atom is 0.227 e. The van der Waals surface area contributed by atoms with Gasteiger partial charge in [-0.05, 0) is 38.1 Å². The van der Waals surface area contributed by atoms with Gasteiger partial charge >= 0.3 is 0 Å². The number of ether oxygens (including phenoxy) is 1. The Morgan fingerprint density at radius 1 is 1.47 bits per heavy atom. The molecule has 0 spiro atoms. The van der Waals surface area contributed by atoms with Crippen LogP contribution in [0.25, 0.3) is 0 Å². The van der Waals surface area contributed by atoms with Crippen LogP contribution < -0.4 is 10.6 Å². The molecular formula is C13H18FN3O2. The molecule has 19 heavy (non-hydrogen) atoms. The Kier molecular flexibility index (Phi) is 5.23. The fraction of sp³-hybridized carbons (Fsp3) is 0.538. The van der Waals surface area contributed by atoms with E-state index in [0.717, 1.165) is 32.1 Å². The minimum Gasteiger partial charge on any atom is -0.378 e. The number of pyridine rings is 1. The van der Waals surface area contributed by atoms with Crippen molar-refractivity contribution in [1.29, 1.82) is 0 Å². The highest BCUT2D eigenvalue weighted by atomic mass is 19.1. The molecule has 1 aliphatic heterocycles. The molecule has 0 saturated carbocycles. The molecule has 0 unspecified atom stereocenters. The van der Waals surface area contributed by atoms with E-state index in [1.807, 2.05) is 0 Å². The van der Waals surface area contributed by atoms with Gasteiger partial charge in [0.2, 0.25) is 5.91 Å². The van der Waals surface area contributed by atoms with Crippen LogP contribution in [0.1, 0.15) is 19.3 Å². The SMILES string of the molecule is O=C(CCOC1CCNCC1)Nc1ccc(F)cn1. The first kappa shape index (κ1) is 13.9. The van der Waals surface area contributed by atoms with E-state index in [9.17, 15) is 9.18 Å². The van der Waals surface area contributed by atoms with E-state index < -0.39 is 5.82 Å². The van der Waals surface area contributed by atoms with Crippen LogP contribution in [0.2, 0.25) is 0 Å². The monoisotopic (exact) mass is 267 g/mol. The molecule has 1 aromatic rings. The second kappa shape index (κ2) is 7.16. The van der Waals surface area contributed by atoms with Crippen LogP contribution in [0.15, 0.2) is 18.3 Å². The summed E-state index contributed by atoms with van der Waals surface area (Å²) in [6, 6.07) is 2.69.